The lowest BCUT2D eigenvalue weighted by Gasteiger charge is -2.61. The van der Waals surface area contributed by atoms with Crippen molar-refractivity contribution >= 4 is 5.78 Å². The monoisotopic (exact) mass is 424 g/mol. The molecule has 4 aliphatic carbocycles. The van der Waals surface area contributed by atoms with Crippen LogP contribution >= 0.6 is 0 Å². The van der Waals surface area contributed by atoms with Crippen LogP contribution in [0.2, 0.25) is 0 Å². The van der Waals surface area contributed by atoms with E-state index in [1.165, 1.54) is 12.8 Å². The molecule has 0 aromatic heterocycles. The van der Waals surface area contributed by atoms with E-state index >= 15 is 0 Å². The summed E-state index contributed by atoms with van der Waals surface area (Å²) in [7, 11) is 1.62. The van der Waals surface area contributed by atoms with Crippen molar-refractivity contribution in [1.29, 1.82) is 0 Å². The van der Waals surface area contributed by atoms with E-state index in [2.05, 4.69) is 13.8 Å². The predicted molar refractivity (Wildman–Crippen MR) is 112 cm³/mol. The summed E-state index contributed by atoms with van der Waals surface area (Å²) in [6.07, 6.45) is 7.64. The average Bonchev–Trinajstić information content (AvgIpc) is 3.03. The highest BCUT2D eigenvalue weighted by molar-refractivity contribution is 5.87. The van der Waals surface area contributed by atoms with Gasteiger partial charge in [0.1, 0.15) is 19.0 Å². The molecule has 6 nitrogen and oxygen atoms in total. The summed E-state index contributed by atoms with van der Waals surface area (Å²) in [6, 6.07) is 0. The molecule has 0 heterocycles. The molecule has 8 unspecified atom stereocenters. The number of carbonyl (C=O) groups excluding carboxylic acids is 1. The van der Waals surface area contributed by atoms with Crippen molar-refractivity contribution in [2.75, 3.05) is 33.5 Å². The maximum absolute atomic E-state index is 12.6. The molecule has 0 bridgehead atoms. The Morgan fingerprint density at radius 1 is 1.00 bits per heavy atom. The molecule has 0 radical (unpaired) electrons. The minimum Gasteiger partial charge on any atom is -0.390 e. The van der Waals surface area contributed by atoms with Gasteiger partial charge in [0.15, 0.2) is 0 Å². The molecule has 30 heavy (non-hydrogen) atoms. The van der Waals surface area contributed by atoms with Gasteiger partial charge in [0.25, 0.3) is 0 Å². The van der Waals surface area contributed by atoms with Gasteiger partial charge < -0.3 is 14.6 Å². The Balaban J connectivity index is 1.37. The normalized spacial score (nSPS) is 45.7. The van der Waals surface area contributed by atoms with Crippen molar-refractivity contribution < 1.29 is 29.1 Å². The van der Waals surface area contributed by atoms with E-state index in [1.807, 2.05) is 0 Å². The van der Waals surface area contributed by atoms with Gasteiger partial charge in [0.2, 0.25) is 0 Å². The van der Waals surface area contributed by atoms with E-state index in [9.17, 15) is 9.90 Å². The van der Waals surface area contributed by atoms with Gasteiger partial charge >= 0.3 is 0 Å². The van der Waals surface area contributed by atoms with Gasteiger partial charge in [0.05, 0.1) is 25.4 Å². The van der Waals surface area contributed by atoms with Crippen LogP contribution in [0.4, 0.5) is 0 Å². The van der Waals surface area contributed by atoms with E-state index in [1.54, 1.807) is 7.11 Å². The van der Waals surface area contributed by atoms with E-state index in [0.29, 0.717) is 55.9 Å². The lowest BCUT2D eigenvalue weighted by atomic mass is 9.45. The molecule has 8 atom stereocenters. The highest BCUT2D eigenvalue weighted by atomic mass is 17.2. The summed E-state index contributed by atoms with van der Waals surface area (Å²) in [4.78, 5) is 22.8. The maximum Gasteiger partial charge on any atom is 0.139 e. The van der Waals surface area contributed by atoms with E-state index in [-0.39, 0.29) is 16.9 Å². The summed E-state index contributed by atoms with van der Waals surface area (Å²) < 4.78 is 11.0. The van der Waals surface area contributed by atoms with Crippen LogP contribution in [0.15, 0.2) is 0 Å². The molecule has 0 saturated heterocycles. The first-order chi connectivity index (χ1) is 14.4. The van der Waals surface area contributed by atoms with E-state index < -0.39 is 6.10 Å². The minimum atomic E-state index is -0.407. The quantitative estimate of drug-likeness (QED) is 0.365. The first-order valence-electron chi connectivity index (χ1n) is 12.0. The third kappa shape index (κ3) is 3.99. The Bertz CT molecular complexity index is 611. The molecule has 4 saturated carbocycles. The fourth-order valence-corrected chi connectivity index (χ4v) is 7.66. The van der Waals surface area contributed by atoms with Gasteiger partial charge in [0, 0.05) is 18.9 Å². The molecule has 4 fully saturated rings. The second kappa shape index (κ2) is 9.14. The zero-order valence-electron chi connectivity index (χ0n) is 18.9. The van der Waals surface area contributed by atoms with Crippen LogP contribution in [-0.2, 0) is 24.0 Å². The third-order valence-electron chi connectivity index (χ3n) is 9.32. The molecule has 4 aliphatic rings. The van der Waals surface area contributed by atoms with Crippen LogP contribution in [0.25, 0.3) is 0 Å². The van der Waals surface area contributed by atoms with Crippen LogP contribution in [0.1, 0.15) is 65.2 Å². The van der Waals surface area contributed by atoms with E-state index in [0.717, 1.165) is 38.5 Å². The van der Waals surface area contributed by atoms with Gasteiger partial charge in [-0.3, -0.25) is 4.79 Å². The largest absolute Gasteiger partial charge is 0.390 e. The molecule has 0 aliphatic heterocycles. The fourth-order valence-electron chi connectivity index (χ4n) is 7.66. The van der Waals surface area contributed by atoms with E-state index in [4.69, 9.17) is 19.2 Å². The lowest BCUT2D eigenvalue weighted by molar-refractivity contribution is -0.305. The number of aliphatic hydroxyl groups excluding tert-OH is 1. The highest BCUT2D eigenvalue weighted by Crippen LogP contribution is 2.65. The number of ketones is 1. The SMILES string of the molecule is COCCOOCCOC1CC2(C)C(CCC3C4CCC(=O)C4(C)CCC32)CC1O. The van der Waals surface area contributed by atoms with Gasteiger partial charge in [-0.05, 0) is 74.0 Å². The van der Waals surface area contributed by atoms with Gasteiger partial charge in [-0.1, -0.05) is 13.8 Å². The number of aliphatic hydroxyl groups is 1. The van der Waals surface area contributed by atoms with Crippen molar-refractivity contribution in [3.63, 3.8) is 0 Å². The van der Waals surface area contributed by atoms with Crippen LogP contribution in [0, 0.1) is 34.5 Å². The van der Waals surface area contributed by atoms with Crippen molar-refractivity contribution in [1.82, 2.24) is 0 Å². The second-order valence-corrected chi connectivity index (χ2v) is 10.6. The summed E-state index contributed by atoms with van der Waals surface area (Å²) in [5.74, 6) is 2.93. The number of methoxy groups -OCH3 is 1. The zero-order chi connectivity index (χ0) is 21.4. The minimum absolute atomic E-state index is 0.0748. The summed E-state index contributed by atoms with van der Waals surface area (Å²) in [6.45, 7) is 6.34. The smallest absolute Gasteiger partial charge is 0.139 e. The number of carbonyl (C=O) groups is 1. The number of hydrogen-bond acceptors (Lipinski definition) is 6. The second-order valence-electron chi connectivity index (χ2n) is 10.6. The number of Topliss-reactive ketones (excluding diaryl/α,β-unsaturated/α-hetero) is 1. The number of ether oxygens (including phenoxy) is 2. The van der Waals surface area contributed by atoms with Gasteiger partial charge in [-0.25, -0.2) is 9.78 Å². The molecule has 172 valence electrons. The van der Waals surface area contributed by atoms with Crippen molar-refractivity contribution in [3.8, 4) is 0 Å². The Labute approximate surface area is 180 Å². The molecule has 4 rings (SSSR count). The zero-order valence-corrected chi connectivity index (χ0v) is 18.9. The van der Waals surface area contributed by atoms with Crippen molar-refractivity contribution in [2.45, 2.75) is 77.4 Å². The fraction of sp³-hybridized carbons (Fsp3) is 0.958. The molecule has 6 heteroatoms. The lowest BCUT2D eigenvalue weighted by Crippen LogP contribution is -2.57. The number of hydrogen-bond donors (Lipinski definition) is 1. The van der Waals surface area contributed by atoms with Crippen LogP contribution in [0.5, 0.6) is 0 Å². The molecular formula is C24H40O6. The first kappa shape index (κ1) is 22.7. The molecule has 1 N–H and O–H groups in total. The van der Waals surface area contributed by atoms with Gasteiger partial charge in [-0.2, -0.15) is 0 Å². The van der Waals surface area contributed by atoms with Crippen molar-refractivity contribution in [3.05, 3.63) is 0 Å². The third-order valence-corrected chi connectivity index (χ3v) is 9.32. The molecule has 0 aromatic carbocycles. The predicted octanol–water partition coefficient (Wildman–Crippen LogP) is 3.55. The molecule has 0 aromatic rings. The average molecular weight is 425 g/mol. The summed E-state index contributed by atoms with van der Waals surface area (Å²) in [5, 5.41) is 10.8. The maximum atomic E-state index is 12.6. The molecule has 0 amide bonds. The van der Waals surface area contributed by atoms with Crippen molar-refractivity contribution in [2.24, 2.45) is 34.5 Å². The Hall–Kier alpha value is -0.530. The Kier molecular flexibility index (Phi) is 6.91. The Morgan fingerprint density at radius 3 is 2.53 bits per heavy atom. The molecule has 0 spiro atoms. The first-order valence-corrected chi connectivity index (χ1v) is 12.0. The van der Waals surface area contributed by atoms with Crippen LogP contribution < -0.4 is 0 Å². The summed E-state index contributed by atoms with van der Waals surface area (Å²) in [5.41, 5.74) is 0.115. The van der Waals surface area contributed by atoms with Crippen LogP contribution in [-0.4, -0.2) is 56.6 Å². The highest BCUT2D eigenvalue weighted by Gasteiger charge is 2.61. The summed E-state index contributed by atoms with van der Waals surface area (Å²) >= 11 is 0. The topological polar surface area (TPSA) is 74.2 Å². The van der Waals surface area contributed by atoms with Gasteiger partial charge in [-0.15, -0.1) is 0 Å². The Morgan fingerprint density at radius 2 is 1.77 bits per heavy atom. The standard InChI is InChI=1S/C24H40O6/c1-23-9-8-19-17(18(23)6-7-22(23)26)5-4-16-14-20(25)21(15-24(16,19)2)28-11-13-30-29-12-10-27-3/h16-21,25H,4-15H2,1-3H3. The number of fused-ring (bicyclic) bond motifs is 5. The van der Waals surface area contributed by atoms with Crippen LogP contribution in [0.3, 0.4) is 0 Å². The molecular weight excluding hydrogens is 384 g/mol. The number of rotatable bonds is 8.